The molecule has 1 aromatic rings. The second kappa shape index (κ2) is 9.31. The van der Waals surface area contributed by atoms with Gasteiger partial charge in [-0.25, -0.2) is 5.43 Å². The molecule has 3 heteroatoms. The fourth-order valence-corrected chi connectivity index (χ4v) is 1.85. The first-order chi connectivity index (χ1) is 9.27. The number of nitrogens with one attached hydrogen (secondary N) is 1. The molecule has 3 nitrogen and oxygen atoms in total. The first kappa shape index (κ1) is 15.4. The van der Waals surface area contributed by atoms with Gasteiger partial charge in [-0.3, -0.25) is 4.79 Å². The Morgan fingerprint density at radius 2 is 1.79 bits per heavy atom. The molecule has 0 aromatic heterocycles. The summed E-state index contributed by atoms with van der Waals surface area (Å²) in [5.74, 6) is -0.00794. The van der Waals surface area contributed by atoms with E-state index in [0.29, 0.717) is 6.42 Å². The number of nitrogens with zero attached hydrogens (tertiary/aromatic N) is 1. The van der Waals surface area contributed by atoms with Crippen LogP contribution in [0.15, 0.2) is 35.4 Å². The number of unbranched alkanes of at least 4 members (excludes halogenated alkanes) is 2. The normalized spacial score (nSPS) is 11.4. The van der Waals surface area contributed by atoms with Crippen LogP contribution in [0, 0.1) is 0 Å². The van der Waals surface area contributed by atoms with Crippen LogP contribution in [0.25, 0.3) is 0 Å². The van der Waals surface area contributed by atoms with Crippen LogP contribution >= 0.6 is 0 Å². The standard InChI is InChI=1S/C16H24N2O/c1-3-5-7-13-15(14-11-8-6-9-12-14)17-18-16(19)10-4-2/h6,8-9,11-12H,3-5,7,10,13H2,1-2H3,(H,18,19)/b17-15-. The monoisotopic (exact) mass is 260 g/mol. The Hall–Kier alpha value is -1.64. The predicted molar refractivity (Wildman–Crippen MR) is 80.2 cm³/mol. The Morgan fingerprint density at radius 3 is 2.42 bits per heavy atom. The number of carbonyl (C=O) groups excluding carboxylic acids is 1. The zero-order chi connectivity index (χ0) is 13.9. The van der Waals surface area contributed by atoms with Crippen LogP contribution in [0.1, 0.15) is 57.9 Å². The Bertz CT molecular complexity index is 398. The highest BCUT2D eigenvalue weighted by Crippen LogP contribution is 2.09. The maximum atomic E-state index is 11.5. The van der Waals surface area contributed by atoms with Crippen molar-refractivity contribution in [2.24, 2.45) is 5.10 Å². The van der Waals surface area contributed by atoms with E-state index in [1.165, 1.54) is 12.8 Å². The van der Waals surface area contributed by atoms with Gasteiger partial charge in [-0.15, -0.1) is 0 Å². The highest BCUT2D eigenvalue weighted by Gasteiger charge is 2.04. The third-order valence-corrected chi connectivity index (χ3v) is 2.92. The molecular weight excluding hydrogens is 236 g/mol. The zero-order valence-electron chi connectivity index (χ0n) is 12.0. The van der Waals surface area contributed by atoms with Gasteiger partial charge in [-0.2, -0.15) is 5.10 Å². The molecule has 0 spiro atoms. The number of hydrazone groups is 1. The van der Waals surface area contributed by atoms with E-state index in [1.54, 1.807) is 0 Å². The van der Waals surface area contributed by atoms with Crippen molar-refractivity contribution in [1.82, 2.24) is 5.43 Å². The molecule has 0 saturated heterocycles. The van der Waals surface area contributed by atoms with Crippen LogP contribution in [-0.2, 0) is 4.79 Å². The minimum Gasteiger partial charge on any atom is -0.273 e. The summed E-state index contributed by atoms with van der Waals surface area (Å²) < 4.78 is 0. The van der Waals surface area contributed by atoms with Crippen molar-refractivity contribution in [2.75, 3.05) is 0 Å². The van der Waals surface area contributed by atoms with Crippen LogP contribution in [0.4, 0.5) is 0 Å². The third kappa shape index (κ3) is 6.18. The van der Waals surface area contributed by atoms with Gasteiger partial charge in [0, 0.05) is 6.42 Å². The largest absolute Gasteiger partial charge is 0.273 e. The van der Waals surface area contributed by atoms with Crippen LogP contribution < -0.4 is 5.43 Å². The molecule has 104 valence electrons. The van der Waals surface area contributed by atoms with Gasteiger partial charge < -0.3 is 0 Å². The van der Waals surface area contributed by atoms with Crippen molar-refractivity contribution in [3.8, 4) is 0 Å². The lowest BCUT2D eigenvalue weighted by Crippen LogP contribution is -2.19. The van der Waals surface area contributed by atoms with E-state index < -0.39 is 0 Å². The van der Waals surface area contributed by atoms with E-state index in [1.807, 2.05) is 37.3 Å². The topological polar surface area (TPSA) is 41.5 Å². The Labute approximate surface area is 116 Å². The van der Waals surface area contributed by atoms with Crippen molar-refractivity contribution in [3.05, 3.63) is 35.9 Å². The first-order valence-corrected chi connectivity index (χ1v) is 7.18. The SMILES string of the molecule is CCCCC/C(=N/NC(=O)CCC)c1ccccc1. The Balaban J connectivity index is 2.69. The molecule has 1 rings (SSSR count). The third-order valence-electron chi connectivity index (χ3n) is 2.92. The van der Waals surface area contributed by atoms with Gasteiger partial charge in [0.05, 0.1) is 5.71 Å². The molecule has 19 heavy (non-hydrogen) atoms. The van der Waals surface area contributed by atoms with Gasteiger partial charge in [-0.05, 0) is 24.8 Å². The molecule has 0 radical (unpaired) electrons. The van der Waals surface area contributed by atoms with E-state index in [4.69, 9.17) is 0 Å². The minimum absolute atomic E-state index is 0.00794. The van der Waals surface area contributed by atoms with E-state index >= 15 is 0 Å². The van der Waals surface area contributed by atoms with E-state index in [-0.39, 0.29) is 5.91 Å². The maximum Gasteiger partial charge on any atom is 0.240 e. The lowest BCUT2D eigenvalue weighted by Gasteiger charge is -2.07. The van der Waals surface area contributed by atoms with Crippen LogP contribution in [0.5, 0.6) is 0 Å². The van der Waals surface area contributed by atoms with Crippen molar-refractivity contribution in [1.29, 1.82) is 0 Å². The van der Waals surface area contributed by atoms with Gasteiger partial charge in [0.2, 0.25) is 5.91 Å². The van der Waals surface area contributed by atoms with Crippen molar-refractivity contribution >= 4 is 11.6 Å². The number of amides is 1. The average molecular weight is 260 g/mol. The summed E-state index contributed by atoms with van der Waals surface area (Å²) in [6, 6.07) is 10.1. The second-order valence-electron chi connectivity index (χ2n) is 4.67. The molecule has 1 N–H and O–H groups in total. The van der Waals surface area contributed by atoms with E-state index in [0.717, 1.165) is 30.5 Å². The molecule has 0 aliphatic rings. The summed E-state index contributed by atoms with van der Waals surface area (Å²) in [5.41, 5.74) is 4.72. The molecule has 1 amide bonds. The predicted octanol–water partition coefficient (Wildman–Crippen LogP) is 3.89. The summed E-state index contributed by atoms with van der Waals surface area (Å²) in [6.45, 7) is 4.17. The molecule has 0 bridgehead atoms. The number of carbonyl (C=O) groups is 1. The van der Waals surface area contributed by atoms with E-state index in [9.17, 15) is 4.79 Å². The van der Waals surface area contributed by atoms with Gasteiger partial charge >= 0.3 is 0 Å². The van der Waals surface area contributed by atoms with E-state index in [2.05, 4.69) is 17.5 Å². The first-order valence-electron chi connectivity index (χ1n) is 7.18. The molecular formula is C16H24N2O. The highest BCUT2D eigenvalue weighted by molar-refractivity contribution is 6.01. The van der Waals surface area contributed by atoms with Crippen LogP contribution in [0.2, 0.25) is 0 Å². The van der Waals surface area contributed by atoms with Crippen molar-refractivity contribution in [2.45, 2.75) is 52.4 Å². The molecule has 0 aliphatic heterocycles. The average Bonchev–Trinajstić information content (AvgIpc) is 2.44. The molecule has 0 aliphatic carbocycles. The zero-order valence-corrected chi connectivity index (χ0v) is 12.0. The molecule has 0 atom stereocenters. The number of hydrogen-bond donors (Lipinski definition) is 1. The van der Waals surface area contributed by atoms with Crippen LogP contribution in [0.3, 0.4) is 0 Å². The fraction of sp³-hybridized carbons (Fsp3) is 0.500. The number of hydrogen-bond acceptors (Lipinski definition) is 2. The summed E-state index contributed by atoms with van der Waals surface area (Å²) in [6.07, 6.45) is 5.76. The Morgan fingerprint density at radius 1 is 1.05 bits per heavy atom. The second-order valence-corrected chi connectivity index (χ2v) is 4.67. The van der Waals surface area contributed by atoms with Gasteiger partial charge in [0.1, 0.15) is 0 Å². The smallest absolute Gasteiger partial charge is 0.240 e. The van der Waals surface area contributed by atoms with Gasteiger partial charge in [-0.1, -0.05) is 57.0 Å². The summed E-state index contributed by atoms with van der Waals surface area (Å²) >= 11 is 0. The highest BCUT2D eigenvalue weighted by atomic mass is 16.2. The number of rotatable bonds is 8. The lowest BCUT2D eigenvalue weighted by molar-refractivity contribution is -0.121. The maximum absolute atomic E-state index is 11.5. The molecule has 0 unspecified atom stereocenters. The van der Waals surface area contributed by atoms with Crippen LogP contribution in [-0.4, -0.2) is 11.6 Å². The molecule has 0 saturated carbocycles. The summed E-state index contributed by atoms with van der Waals surface area (Å²) in [7, 11) is 0. The number of benzene rings is 1. The summed E-state index contributed by atoms with van der Waals surface area (Å²) in [5, 5.41) is 4.30. The van der Waals surface area contributed by atoms with Gasteiger partial charge in [0.25, 0.3) is 0 Å². The fourth-order valence-electron chi connectivity index (χ4n) is 1.85. The summed E-state index contributed by atoms with van der Waals surface area (Å²) in [4.78, 5) is 11.5. The molecule has 0 fully saturated rings. The van der Waals surface area contributed by atoms with Crippen molar-refractivity contribution < 1.29 is 4.79 Å². The molecule has 1 aromatic carbocycles. The van der Waals surface area contributed by atoms with Gasteiger partial charge in [0.15, 0.2) is 0 Å². The molecule has 0 heterocycles. The Kier molecular flexibility index (Phi) is 7.56. The lowest BCUT2D eigenvalue weighted by atomic mass is 10.0. The van der Waals surface area contributed by atoms with Crippen molar-refractivity contribution in [3.63, 3.8) is 0 Å². The quantitative estimate of drug-likeness (QED) is 0.430. The minimum atomic E-state index is -0.00794.